The Morgan fingerprint density at radius 1 is 1.15 bits per heavy atom. The topological polar surface area (TPSA) is 55.8 Å². The van der Waals surface area contributed by atoms with Crippen LogP contribution in [0.2, 0.25) is 0 Å². The lowest BCUT2D eigenvalue weighted by Gasteiger charge is -2.17. The van der Waals surface area contributed by atoms with Crippen molar-refractivity contribution < 1.29 is 19.3 Å². The molecule has 0 radical (unpaired) electrons. The molecule has 0 unspecified atom stereocenters. The fourth-order valence-corrected chi connectivity index (χ4v) is 0.684. The summed E-state index contributed by atoms with van der Waals surface area (Å²) in [6, 6.07) is 0. The zero-order chi connectivity index (χ0) is 10.3. The number of unbranched alkanes of at least 4 members (excludes halogenated alkanes) is 1. The van der Waals surface area contributed by atoms with Crippen molar-refractivity contribution in [1.82, 2.24) is 5.23 Å². The van der Waals surface area contributed by atoms with Gasteiger partial charge in [0.1, 0.15) is 0 Å². The maximum Gasteiger partial charge on any atom is 0.326 e. The third-order valence-electron chi connectivity index (χ3n) is 1.15. The third kappa shape index (κ3) is 7.27. The largest absolute Gasteiger partial charge is 0.333 e. The minimum absolute atomic E-state index is 0.398. The molecule has 76 valence electrons. The van der Waals surface area contributed by atoms with Crippen molar-refractivity contribution in [1.29, 1.82) is 0 Å². The summed E-state index contributed by atoms with van der Waals surface area (Å²) in [5.41, 5.74) is 0. The SMILES string of the molecule is CCCCN(OC(C)=O)OC(C)=O. The molecule has 0 aliphatic heterocycles. The van der Waals surface area contributed by atoms with Crippen LogP contribution in [0.1, 0.15) is 33.6 Å². The summed E-state index contributed by atoms with van der Waals surface area (Å²) in [5.74, 6) is -1.00. The average molecular weight is 189 g/mol. The lowest BCUT2D eigenvalue weighted by atomic mass is 10.3. The van der Waals surface area contributed by atoms with Gasteiger partial charge < -0.3 is 9.68 Å². The molecule has 0 saturated heterocycles. The van der Waals surface area contributed by atoms with Gasteiger partial charge in [-0.05, 0) is 6.42 Å². The van der Waals surface area contributed by atoms with Gasteiger partial charge in [0.25, 0.3) is 0 Å². The molecule has 0 spiro atoms. The monoisotopic (exact) mass is 189 g/mol. The van der Waals surface area contributed by atoms with Gasteiger partial charge in [0.05, 0.1) is 6.54 Å². The Bertz CT molecular complexity index is 165. The highest BCUT2D eigenvalue weighted by atomic mass is 17.0. The summed E-state index contributed by atoms with van der Waals surface area (Å²) in [4.78, 5) is 30.3. The van der Waals surface area contributed by atoms with E-state index in [0.717, 1.165) is 18.1 Å². The van der Waals surface area contributed by atoms with E-state index in [1.54, 1.807) is 0 Å². The van der Waals surface area contributed by atoms with E-state index >= 15 is 0 Å². The predicted octanol–water partition coefficient (Wildman–Crippen LogP) is 1.04. The first-order valence-electron chi connectivity index (χ1n) is 4.20. The van der Waals surface area contributed by atoms with Crippen LogP contribution in [0.3, 0.4) is 0 Å². The smallest absolute Gasteiger partial charge is 0.326 e. The summed E-state index contributed by atoms with van der Waals surface area (Å²) in [6.45, 7) is 4.89. The molecule has 0 heterocycles. The van der Waals surface area contributed by atoms with E-state index in [1.807, 2.05) is 6.92 Å². The lowest BCUT2D eigenvalue weighted by Crippen LogP contribution is -2.29. The van der Waals surface area contributed by atoms with Crippen molar-refractivity contribution in [2.45, 2.75) is 33.6 Å². The third-order valence-corrected chi connectivity index (χ3v) is 1.15. The molecular weight excluding hydrogens is 174 g/mol. The Morgan fingerprint density at radius 3 is 1.92 bits per heavy atom. The second kappa shape index (κ2) is 6.42. The first-order valence-corrected chi connectivity index (χ1v) is 4.20. The molecule has 0 aliphatic rings. The molecule has 0 atom stereocenters. The quantitative estimate of drug-likeness (QED) is 0.605. The van der Waals surface area contributed by atoms with Crippen LogP contribution in [-0.2, 0) is 19.3 Å². The zero-order valence-electron chi connectivity index (χ0n) is 8.20. The first-order chi connectivity index (χ1) is 6.06. The highest BCUT2D eigenvalue weighted by Gasteiger charge is 2.10. The molecular formula is C8H15NO4. The minimum atomic E-state index is -0.502. The van der Waals surface area contributed by atoms with Crippen molar-refractivity contribution in [2.24, 2.45) is 0 Å². The zero-order valence-corrected chi connectivity index (χ0v) is 8.20. The van der Waals surface area contributed by atoms with Gasteiger partial charge in [-0.25, -0.2) is 0 Å². The van der Waals surface area contributed by atoms with Gasteiger partial charge in [0.15, 0.2) is 0 Å². The summed E-state index contributed by atoms with van der Waals surface area (Å²) < 4.78 is 0. The minimum Gasteiger partial charge on any atom is -0.333 e. The Labute approximate surface area is 77.5 Å². The van der Waals surface area contributed by atoms with Gasteiger partial charge in [-0.1, -0.05) is 13.3 Å². The predicted molar refractivity (Wildman–Crippen MR) is 45.1 cm³/mol. The summed E-state index contributed by atoms with van der Waals surface area (Å²) >= 11 is 0. The fourth-order valence-electron chi connectivity index (χ4n) is 0.684. The molecule has 0 bridgehead atoms. The number of hydrogen-bond acceptors (Lipinski definition) is 5. The molecule has 0 aromatic carbocycles. The van der Waals surface area contributed by atoms with Gasteiger partial charge in [-0.2, -0.15) is 0 Å². The number of carbonyl (C=O) groups excluding carboxylic acids is 2. The number of nitrogens with zero attached hydrogens (tertiary/aromatic N) is 1. The van der Waals surface area contributed by atoms with Crippen LogP contribution in [0.15, 0.2) is 0 Å². The fraction of sp³-hybridized carbons (Fsp3) is 0.750. The van der Waals surface area contributed by atoms with Crippen LogP contribution >= 0.6 is 0 Å². The second-order valence-electron chi connectivity index (χ2n) is 2.58. The number of hydroxylamine groups is 2. The Kier molecular flexibility index (Phi) is 5.88. The molecule has 13 heavy (non-hydrogen) atoms. The van der Waals surface area contributed by atoms with Crippen LogP contribution < -0.4 is 0 Å². The lowest BCUT2D eigenvalue weighted by molar-refractivity contribution is -0.323. The van der Waals surface area contributed by atoms with Crippen molar-refractivity contribution in [2.75, 3.05) is 6.54 Å². The van der Waals surface area contributed by atoms with E-state index in [2.05, 4.69) is 9.68 Å². The first kappa shape index (κ1) is 11.9. The van der Waals surface area contributed by atoms with E-state index in [9.17, 15) is 9.59 Å². The Hall–Kier alpha value is -1.10. The van der Waals surface area contributed by atoms with E-state index in [0.29, 0.717) is 6.54 Å². The molecule has 5 heteroatoms. The molecule has 0 N–H and O–H groups in total. The highest BCUT2D eigenvalue weighted by Crippen LogP contribution is 1.98. The van der Waals surface area contributed by atoms with Crippen LogP contribution in [-0.4, -0.2) is 23.7 Å². The summed E-state index contributed by atoms with van der Waals surface area (Å²) in [5, 5.41) is 0.911. The van der Waals surface area contributed by atoms with Gasteiger partial charge in [-0.15, -0.1) is 0 Å². The van der Waals surface area contributed by atoms with E-state index < -0.39 is 11.9 Å². The Balaban J connectivity index is 3.87. The molecule has 0 aromatic rings. The van der Waals surface area contributed by atoms with Crippen molar-refractivity contribution in [3.05, 3.63) is 0 Å². The van der Waals surface area contributed by atoms with Gasteiger partial charge >= 0.3 is 11.9 Å². The Morgan fingerprint density at radius 2 is 1.62 bits per heavy atom. The van der Waals surface area contributed by atoms with E-state index in [1.165, 1.54) is 13.8 Å². The van der Waals surface area contributed by atoms with Crippen LogP contribution in [0.4, 0.5) is 0 Å². The highest BCUT2D eigenvalue weighted by molar-refractivity contribution is 5.67. The van der Waals surface area contributed by atoms with E-state index in [4.69, 9.17) is 0 Å². The number of hydrogen-bond donors (Lipinski definition) is 0. The van der Waals surface area contributed by atoms with E-state index in [-0.39, 0.29) is 0 Å². The molecule has 5 nitrogen and oxygen atoms in total. The van der Waals surface area contributed by atoms with Gasteiger partial charge in [0.2, 0.25) is 0 Å². The number of carbonyl (C=O) groups is 2. The van der Waals surface area contributed by atoms with Gasteiger partial charge in [0, 0.05) is 19.1 Å². The van der Waals surface area contributed by atoms with Crippen molar-refractivity contribution in [3.63, 3.8) is 0 Å². The summed E-state index contributed by atoms with van der Waals surface area (Å²) in [7, 11) is 0. The van der Waals surface area contributed by atoms with Crippen molar-refractivity contribution >= 4 is 11.9 Å². The molecule has 0 fully saturated rings. The number of rotatable bonds is 5. The van der Waals surface area contributed by atoms with Gasteiger partial charge in [-0.3, -0.25) is 9.59 Å². The maximum absolute atomic E-state index is 10.5. The molecule has 0 saturated carbocycles. The maximum atomic E-state index is 10.5. The molecule has 0 amide bonds. The normalized spacial score (nSPS) is 9.85. The molecule has 0 aliphatic carbocycles. The molecule has 0 aromatic heterocycles. The van der Waals surface area contributed by atoms with Crippen LogP contribution in [0, 0.1) is 0 Å². The molecule has 0 rings (SSSR count). The summed E-state index contributed by atoms with van der Waals surface area (Å²) in [6.07, 6.45) is 1.72. The average Bonchev–Trinajstić information content (AvgIpc) is 1.98. The standard InChI is InChI=1S/C8H15NO4/c1-4-5-6-9(12-7(2)10)13-8(3)11/h4-6H2,1-3H3. The van der Waals surface area contributed by atoms with Crippen LogP contribution in [0.25, 0.3) is 0 Å². The van der Waals surface area contributed by atoms with Crippen molar-refractivity contribution in [3.8, 4) is 0 Å². The van der Waals surface area contributed by atoms with Crippen LogP contribution in [0.5, 0.6) is 0 Å². The second-order valence-corrected chi connectivity index (χ2v) is 2.58.